The zero-order valence-electron chi connectivity index (χ0n) is 19.0. The fourth-order valence-corrected chi connectivity index (χ4v) is 5.23. The lowest BCUT2D eigenvalue weighted by Gasteiger charge is -2.39. The zero-order valence-corrected chi connectivity index (χ0v) is 19.0. The summed E-state index contributed by atoms with van der Waals surface area (Å²) in [6.07, 6.45) is 4.03. The summed E-state index contributed by atoms with van der Waals surface area (Å²) in [5.41, 5.74) is 0.778. The third kappa shape index (κ3) is 4.99. The van der Waals surface area contributed by atoms with E-state index in [1.165, 1.54) is 0 Å². The van der Waals surface area contributed by atoms with E-state index in [0.29, 0.717) is 23.0 Å². The molecule has 7 heteroatoms. The summed E-state index contributed by atoms with van der Waals surface area (Å²) in [7, 11) is 3.19. The van der Waals surface area contributed by atoms with Gasteiger partial charge in [-0.3, -0.25) is 9.69 Å². The normalized spacial score (nSPS) is 28.6. The molecule has 3 atom stereocenters. The number of rotatable bonds is 5. The molecule has 4 rings (SSSR count). The Balaban J connectivity index is 1.31. The maximum Gasteiger partial charge on any atom is 0.254 e. The van der Waals surface area contributed by atoms with Gasteiger partial charge in [-0.05, 0) is 55.7 Å². The number of amides is 1. The van der Waals surface area contributed by atoms with E-state index in [9.17, 15) is 9.90 Å². The molecule has 3 aliphatic rings. The topological polar surface area (TPSA) is 71.5 Å². The molecule has 3 aliphatic heterocycles. The molecule has 1 aromatic rings. The number of carbonyl (C=O) groups excluding carboxylic acids is 1. The van der Waals surface area contributed by atoms with Gasteiger partial charge in [0.15, 0.2) is 0 Å². The van der Waals surface area contributed by atoms with Gasteiger partial charge in [-0.2, -0.15) is 0 Å². The van der Waals surface area contributed by atoms with Crippen LogP contribution in [0.5, 0.6) is 11.5 Å². The maximum atomic E-state index is 13.1. The van der Waals surface area contributed by atoms with E-state index in [4.69, 9.17) is 14.2 Å². The SMILES string of the molecule is COc1cc(OC)cc(C(=O)N2CCC3(CC2)CO[C@@H](CN2CC[C@@H](C)[C@H](O)C2)C3)c1. The summed E-state index contributed by atoms with van der Waals surface area (Å²) < 4.78 is 16.8. The lowest BCUT2D eigenvalue weighted by molar-refractivity contribution is 0.000908. The number of carbonyl (C=O) groups is 1. The second kappa shape index (κ2) is 9.35. The van der Waals surface area contributed by atoms with E-state index in [1.54, 1.807) is 32.4 Å². The third-order valence-electron chi connectivity index (χ3n) is 7.46. The summed E-state index contributed by atoms with van der Waals surface area (Å²) in [4.78, 5) is 17.4. The predicted octanol–water partition coefficient (Wildman–Crippen LogP) is 2.42. The van der Waals surface area contributed by atoms with E-state index < -0.39 is 0 Å². The largest absolute Gasteiger partial charge is 0.497 e. The van der Waals surface area contributed by atoms with Crippen LogP contribution in [0.2, 0.25) is 0 Å². The lowest BCUT2D eigenvalue weighted by atomic mass is 9.76. The van der Waals surface area contributed by atoms with Gasteiger partial charge in [0, 0.05) is 37.8 Å². The van der Waals surface area contributed by atoms with Gasteiger partial charge in [0.1, 0.15) is 11.5 Å². The number of benzene rings is 1. The number of hydrogen-bond donors (Lipinski definition) is 1. The van der Waals surface area contributed by atoms with E-state index in [-0.39, 0.29) is 23.5 Å². The third-order valence-corrected chi connectivity index (χ3v) is 7.46. The van der Waals surface area contributed by atoms with Crippen molar-refractivity contribution < 1.29 is 24.1 Å². The van der Waals surface area contributed by atoms with Crippen LogP contribution in [0.15, 0.2) is 18.2 Å². The summed E-state index contributed by atoms with van der Waals surface area (Å²) in [6, 6.07) is 5.33. The molecule has 0 unspecified atom stereocenters. The minimum Gasteiger partial charge on any atom is -0.497 e. The summed E-state index contributed by atoms with van der Waals surface area (Å²) in [5.74, 6) is 1.67. The summed E-state index contributed by atoms with van der Waals surface area (Å²) in [6.45, 7) is 7.08. The van der Waals surface area contributed by atoms with Gasteiger partial charge in [-0.15, -0.1) is 0 Å². The average molecular weight is 433 g/mol. The smallest absolute Gasteiger partial charge is 0.254 e. The number of likely N-dealkylation sites (tertiary alicyclic amines) is 2. The Morgan fingerprint density at radius 2 is 1.84 bits per heavy atom. The number of β-amino-alcohol motifs (C(OH)–C–C–N with tert-alkyl or cyclic N) is 1. The molecule has 3 fully saturated rings. The molecule has 1 aromatic carbocycles. The van der Waals surface area contributed by atoms with E-state index in [1.807, 2.05) is 4.90 Å². The maximum absolute atomic E-state index is 13.1. The van der Waals surface area contributed by atoms with Gasteiger partial charge in [-0.1, -0.05) is 6.92 Å². The van der Waals surface area contributed by atoms with Crippen LogP contribution in [0.25, 0.3) is 0 Å². The minimum absolute atomic E-state index is 0.0268. The number of hydrogen-bond acceptors (Lipinski definition) is 6. The molecule has 31 heavy (non-hydrogen) atoms. The monoisotopic (exact) mass is 432 g/mol. The number of nitrogens with zero attached hydrogens (tertiary/aromatic N) is 2. The van der Waals surface area contributed by atoms with Crippen LogP contribution in [0.4, 0.5) is 0 Å². The Bertz CT molecular complexity index is 755. The Morgan fingerprint density at radius 1 is 1.16 bits per heavy atom. The number of piperidine rings is 2. The first-order valence-corrected chi connectivity index (χ1v) is 11.5. The molecule has 3 saturated heterocycles. The standard InChI is InChI=1S/C24H36N2O5/c1-17-4-7-25(15-22(17)27)14-21-13-24(16-31-21)5-8-26(9-6-24)23(28)18-10-19(29-2)12-20(11-18)30-3/h10-12,17,21-22,27H,4-9,13-16H2,1-3H3/t17-,21-,22-/m1/s1. The highest BCUT2D eigenvalue weighted by Gasteiger charge is 2.43. The lowest BCUT2D eigenvalue weighted by Crippen LogP contribution is -2.46. The van der Waals surface area contributed by atoms with Crippen LogP contribution in [-0.4, -0.2) is 86.6 Å². The van der Waals surface area contributed by atoms with Crippen LogP contribution in [-0.2, 0) is 4.74 Å². The fourth-order valence-electron chi connectivity index (χ4n) is 5.23. The van der Waals surface area contributed by atoms with Crippen molar-refractivity contribution in [2.24, 2.45) is 11.3 Å². The van der Waals surface area contributed by atoms with Crippen molar-refractivity contribution in [1.82, 2.24) is 9.80 Å². The number of aliphatic hydroxyl groups is 1. The highest BCUT2D eigenvalue weighted by molar-refractivity contribution is 5.95. The Kier molecular flexibility index (Phi) is 6.74. The molecular formula is C24H36N2O5. The molecule has 0 aromatic heterocycles. The molecule has 0 saturated carbocycles. The summed E-state index contributed by atoms with van der Waals surface area (Å²) >= 11 is 0. The molecule has 0 aliphatic carbocycles. The summed E-state index contributed by atoms with van der Waals surface area (Å²) in [5, 5.41) is 10.2. The molecule has 1 spiro atoms. The first-order chi connectivity index (χ1) is 14.9. The first-order valence-electron chi connectivity index (χ1n) is 11.5. The van der Waals surface area contributed by atoms with Crippen molar-refractivity contribution in [2.45, 2.75) is 44.8 Å². The molecule has 7 nitrogen and oxygen atoms in total. The van der Waals surface area contributed by atoms with Gasteiger partial charge < -0.3 is 24.2 Å². The molecule has 0 radical (unpaired) electrons. The highest BCUT2D eigenvalue weighted by atomic mass is 16.5. The second-order valence-corrected chi connectivity index (χ2v) is 9.62. The Labute approximate surface area is 185 Å². The van der Waals surface area contributed by atoms with Crippen molar-refractivity contribution in [3.63, 3.8) is 0 Å². The first kappa shape index (κ1) is 22.4. The molecule has 1 amide bonds. The number of methoxy groups -OCH3 is 2. The quantitative estimate of drug-likeness (QED) is 0.771. The fraction of sp³-hybridized carbons (Fsp3) is 0.708. The van der Waals surface area contributed by atoms with Gasteiger partial charge in [0.2, 0.25) is 0 Å². The van der Waals surface area contributed by atoms with E-state index in [0.717, 1.165) is 65.0 Å². The van der Waals surface area contributed by atoms with Crippen molar-refractivity contribution in [3.05, 3.63) is 23.8 Å². The van der Waals surface area contributed by atoms with Crippen LogP contribution < -0.4 is 9.47 Å². The van der Waals surface area contributed by atoms with Crippen molar-refractivity contribution in [2.75, 3.05) is 53.6 Å². The Hall–Kier alpha value is -1.83. The van der Waals surface area contributed by atoms with Crippen molar-refractivity contribution >= 4 is 5.91 Å². The van der Waals surface area contributed by atoms with Crippen LogP contribution >= 0.6 is 0 Å². The van der Waals surface area contributed by atoms with Crippen molar-refractivity contribution in [1.29, 1.82) is 0 Å². The van der Waals surface area contributed by atoms with Crippen LogP contribution in [0.1, 0.15) is 43.0 Å². The predicted molar refractivity (Wildman–Crippen MR) is 118 cm³/mol. The molecule has 1 N–H and O–H groups in total. The molecular weight excluding hydrogens is 396 g/mol. The number of ether oxygens (including phenoxy) is 3. The van der Waals surface area contributed by atoms with E-state index >= 15 is 0 Å². The van der Waals surface area contributed by atoms with Gasteiger partial charge in [0.25, 0.3) is 5.91 Å². The second-order valence-electron chi connectivity index (χ2n) is 9.62. The van der Waals surface area contributed by atoms with Crippen LogP contribution in [0, 0.1) is 11.3 Å². The van der Waals surface area contributed by atoms with Crippen LogP contribution in [0.3, 0.4) is 0 Å². The van der Waals surface area contributed by atoms with Gasteiger partial charge >= 0.3 is 0 Å². The van der Waals surface area contributed by atoms with Gasteiger partial charge in [-0.25, -0.2) is 0 Å². The Morgan fingerprint density at radius 3 is 2.45 bits per heavy atom. The minimum atomic E-state index is -0.228. The molecule has 172 valence electrons. The molecule has 0 bridgehead atoms. The van der Waals surface area contributed by atoms with Gasteiger partial charge in [0.05, 0.1) is 33.0 Å². The average Bonchev–Trinajstić information content (AvgIpc) is 3.17. The zero-order chi connectivity index (χ0) is 22.0. The van der Waals surface area contributed by atoms with Crippen molar-refractivity contribution in [3.8, 4) is 11.5 Å². The number of aliphatic hydroxyl groups excluding tert-OH is 1. The van der Waals surface area contributed by atoms with E-state index in [2.05, 4.69) is 11.8 Å². The highest BCUT2D eigenvalue weighted by Crippen LogP contribution is 2.42. The molecule has 3 heterocycles.